The first-order valence-corrected chi connectivity index (χ1v) is 8.29. The molecule has 0 aromatic carbocycles. The van der Waals surface area contributed by atoms with E-state index in [9.17, 15) is 13.0 Å². The van der Waals surface area contributed by atoms with E-state index >= 15 is 0 Å². The van der Waals surface area contributed by atoms with E-state index in [0.717, 1.165) is 12.8 Å². The van der Waals surface area contributed by atoms with Crippen LogP contribution >= 0.6 is 7.80 Å². The minimum Gasteiger partial charge on any atom is -0.326 e. The predicted molar refractivity (Wildman–Crippen MR) is 58.6 cm³/mol. The maximum Gasteiger partial charge on any atom is 0.221 e. The number of hydrogen-bond donors (Lipinski definition) is 0. The van der Waals surface area contributed by atoms with Crippen molar-refractivity contribution in [3.63, 3.8) is 0 Å². The molecule has 14 heavy (non-hydrogen) atoms. The molecule has 0 amide bonds. The Hall–Kier alpha value is -0.120. The molecule has 1 saturated carbocycles. The highest BCUT2D eigenvalue weighted by Crippen LogP contribution is 2.31. The highest BCUT2D eigenvalue weighted by Gasteiger charge is 2.36. The van der Waals surface area contributed by atoms with Crippen molar-refractivity contribution in [2.75, 3.05) is 18.7 Å². The molecule has 0 spiro atoms. The Kier molecular flexibility index (Phi) is 3.93. The third-order valence-electron chi connectivity index (χ3n) is 2.01. The molecule has 4 nitrogen and oxygen atoms in total. The minimum atomic E-state index is -3.33. The Bertz CT molecular complexity index is 334. The van der Waals surface area contributed by atoms with Crippen molar-refractivity contribution in [3.8, 4) is 0 Å². The smallest absolute Gasteiger partial charge is 0.221 e. The molecule has 1 aliphatic carbocycles. The average Bonchev–Trinajstić information content (AvgIpc) is 2.79. The van der Waals surface area contributed by atoms with Crippen molar-refractivity contribution in [1.29, 1.82) is 0 Å². The van der Waals surface area contributed by atoms with Crippen LogP contribution in [-0.4, -0.2) is 37.5 Å². The quantitative estimate of drug-likeness (QED) is 0.513. The highest BCUT2D eigenvalue weighted by atomic mass is 32.2. The van der Waals surface area contributed by atoms with E-state index in [2.05, 4.69) is 6.58 Å². The minimum absolute atomic E-state index is 0.124. The summed E-state index contributed by atoms with van der Waals surface area (Å²) in [6, 6.07) is 0.124. The predicted octanol–water partition coefficient (Wildman–Crippen LogP) is 1.11. The number of hydrogen-bond acceptors (Lipinski definition) is 3. The normalized spacial score (nSPS) is 19.6. The summed E-state index contributed by atoms with van der Waals surface area (Å²) in [5.41, 5.74) is -0.206. The van der Waals surface area contributed by atoms with E-state index in [1.807, 2.05) is 0 Å². The molecule has 1 unspecified atom stereocenters. The third kappa shape index (κ3) is 3.23. The van der Waals surface area contributed by atoms with E-state index in [1.54, 1.807) is 6.08 Å². The highest BCUT2D eigenvalue weighted by molar-refractivity contribution is 7.94. The Morgan fingerprint density at radius 3 is 2.50 bits per heavy atom. The van der Waals surface area contributed by atoms with Crippen LogP contribution in [0.1, 0.15) is 12.8 Å². The Morgan fingerprint density at radius 1 is 1.57 bits per heavy atom. The lowest BCUT2D eigenvalue weighted by atomic mass is 10.6. The SMILES string of the molecule is C=CCN(C1CC1)S(=O)(=O)C[PH](C)=O. The molecule has 1 aliphatic rings. The monoisotopic (exact) mass is 237 g/mol. The van der Waals surface area contributed by atoms with Crippen LogP contribution in [0, 0.1) is 0 Å². The van der Waals surface area contributed by atoms with E-state index in [-0.39, 0.29) is 11.5 Å². The van der Waals surface area contributed by atoms with Gasteiger partial charge in [-0.1, -0.05) is 6.08 Å². The zero-order valence-electron chi connectivity index (χ0n) is 8.27. The summed E-state index contributed by atoms with van der Waals surface area (Å²) in [4.78, 5) is 0. The van der Waals surface area contributed by atoms with Crippen LogP contribution in [0.5, 0.6) is 0 Å². The maximum atomic E-state index is 11.7. The van der Waals surface area contributed by atoms with Gasteiger partial charge in [-0.3, -0.25) is 0 Å². The molecule has 0 bridgehead atoms. The number of sulfonamides is 1. The molecule has 1 fully saturated rings. The van der Waals surface area contributed by atoms with Gasteiger partial charge in [0, 0.05) is 12.6 Å². The van der Waals surface area contributed by atoms with Crippen molar-refractivity contribution in [2.45, 2.75) is 18.9 Å². The lowest BCUT2D eigenvalue weighted by Crippen LogP contribution is -2.34. The van der Waals surface area contributed by atoms with Crippen LogP contribution in [0.15, 0.2) is 12.7 Å². The Labute approximate surface area is 85.8 Å². The standard InChI is InChI=1S/C8H16NO3PS/c1-3-6-9(8-4-5-8)14(11,12)7-13(2)10/h3,8,13H,1,4-7H2,2H3. The second kappa shape index (κ2) is 4.60. The van der Waals surface area contributed by atoms with Gasteiger partial charge in [0.25, 0.3) is 0 Å². The van der Waals surface area contributed by atoms with Crippen molar-refractivity contribution in [1.82, 2.24) is 4.31 Å². The fourth-order valence-electron chi connectivity index (χ4n) is 1.32. The van der Waals surface area contributed by atoms with Crippen LogP contribution in [0.2, 0.25) is 0 Å². The summed E-state index contributed by atoms with van der Waals surface area (Å²) < 4.78 is 35.8. The first-order chi connectivity index (χ1) is 6.47. The van der Waals surface area contributed by atoms with Crippen LogP contribution in [0.3, 0.4) is 0 Å². The largest absolute Gasteiger partial charge is 0.326 e. The third-order valence-corrected chi connectivity index (χ3v) is 6.25. The van der Waals surface area contributed by atoms with Gasteiger partial charge < -0.3 is 4.57 Å². The molecule has 0 N–H and O–H groups in total. The molecule has 1 rings (SSSR count). The van der Waals surface area contributed by atoms with Gasteiger partial charge >= 0.3 is 0 Å². The molecule has 0 heterocycles. The summed E-state index contributed by atoms with van der Waals surface area (Å²) in [7, 11) is -5.30. The second-order valence-corrected chi connectivity index (χ2v) is 7.74. The van der Waals surface area contributed by atoms with Crippen LogP contribution < -0.4 is 0 Å². The fourth-order valence-corrected chi connectivity index (χ4v) is 5.04. The number of nitrogens with zero attached hydrogens (tertiary/aromatic N) is 1. The van der Waals surface area contributed by atoms with Crippen molar-refractivity contribution >= 4 is 17.8 Å². The van der Waals surface area contributed by atoms with Gasteiger partial charge in [0.05, 0.1) is 7.80 Å². The van der Waals surface area contributed by atoms with Gasteiger partial charge in [-0.15, -0.1) is 6.58 Å². The molecular formula is C8H16NO3PS. The average molecular weight is 237 g/mol. The van der Waals surface area contributed by atoms with Crippen LogP contribution in [0.25, 0.3) is 0 Å². The van der Waals surface area contributed by atoms with Crippen molar-refractivity contribution in [2.24, 2.45) is 0 Å². The molecule has 6 heteroatoms. The zero-order chi connectivity index (χ0) is 10.8. The summed E-state index contributed by atoms with van der Waals surface area (Å²) in [6.07, 6.45) is 3.40. The molecule has 0 aromatic heterocycles. The second-order valence-electron chi connectivity index (χ2n) is 3.55. The summed E-state index contributed by atoms with van der Waals surface area (Å²) in [5.74, 6) is 0. The number of rotatable bonds is 6. The molecule has 0 aliphatic heterocycles. The van der Waals surface area contributed by atoms with E-state index in [1.165, 1.54) is 11.0 Å². The van der Waals surface area contributed by atoms with Gasteiger partial charge in [-0.25, -0.2) is 8.42 Å². The molecule has 1 atom stereocenters. The first-order valence-electron chi connectivity index (χ1n) is 4.57. The van der Waals surface area contributed by atoms with Gasteiger partial charge in [-0.2, -0.15) is 4.31 Å². The maximum absolute atomic E-state index is 11.7. The lowest BCUT2D eigenvalue weighted by Gasteiger charge is -2.19. The van der Waals surface area contributed by atoms with Crippen molar-refractivity contribution in [3.05, 3.63) is 12.7 Å². The van der Waals surface area contributed by atoms with Gasteiger partial charge in [0.2, 0.25) is 10.0 Å². The van der Waals surface area contributed by atoms with E-state index in [0.29, 0.717) is 6.54 Å². The fraction of sp³-hybridized carbons (Fsp3) is 0.750. The van der Waals surface area contributed by atoms with E-state index in [4.69, 9.17) is 0 Å². The molecule has 0 saturated heterocycles. The molecule has 82 valence electrons. The van der Waals surface area contributed by atoms with Gasteiger partial charge in [0.15, 0.2) is 0 Å². The summed E-state index contributed by atoms with van der Waals surface area (Å²) in [6.45, 7) is 5.34. The summed E-state index contributed by atoms with van der Waals surface area (Å²) in [5, 5.41) is 0. The molecule has 0 aromatic rings. The van der Waals surface area contributed by atoms with E-state index < -0.39 is 17.8 Å². The molecular weight excluding hydrogens is 221 g/mol. The first kappa shape index (κ1) is 12.0. The summed E-state index contributed by atoms with van der Waals surface area (Å²) >= 11 is 0. The van der Waals surface area contributed by atoms with Crippen LogP contribution in [-0.2, 0) is 14.6 Å². The molecule has 0 radical (unpaired) electrons. The Morgan fingerprint density at radius 2 is 2.14 bits per heavy atom. The van der Waals surface area contributed by atoms with Gasteiger partial charge in [-0.05, 0) is 19.5 Å². The Balaban J connectivity index is 2.74. The van der Waals surface area contributed by atoms with Crippen molar-refractivity contribution < 1.29 is 13.0 Å². The van der Waals surface area contributed by atoms with Crippen LogP contribution in [0.4, 0.5) is 0 Å². The van der Waals surface area contributed by atoms with Gasteiger partial charge in [0.1, 0.15) is 5.49 Å². The zero-order valence-corrected chi connectivity index (χ0v) is 10.1. The lowest BCUT2D eigenvalue weighted by molar-refractivity contribution is 0.439. The topological polar surface area (TPSA) is 54.5 Å².